The number of rotatable bonds is 5. The molecule has 100 valence electrons. The highest BCUT2D eigenvalue weighted by Crippen LogP contribution is 2.42. The SMILES string of the molecule is CCOC1(C(NN)c2cccc(Cl)c2)CCCC1. The van der Waals surface area contributed by atoms with Crippen LogP contribution in [0.4, 0.5) is 0 Å². The zero-order chi connectivity index (χ0) is 13.0. The fourth-order valence-electron chi connectivity index (χ4n) is 3.02. The lowest BCUT2D eigenvalue weighted by Gasteiger charge is -2.37. The van der Waals surface area contributed by atoms with Gasteiger partial charge in [-0.2, -0.15) is 0 Å². The molecule has 0 saturated heterocycles. The van der Waals surface area contributed by atoms with E-state index >= 15 is 0 Å². The molecule has 3 N–H and O–H groups in total. The summed E-state index contributed by atoms with van der Waals surface area (Å²) in [4.78, 5) is 0. The summed E-state index contributed by atoms with van der Waals surface area (Å²) in [5.74, 6) is 5.78. The molecule has 0 radical (unpaired) electrons. The molecule has 1 aliphatic rings. The molecule has 0 heterocycles. The lowest BCUT2D eigenvalue weighted by Crippen LogP contribution is -2.46. The van der Waals surface area contributed by atoms with Gasteiger partial charge in [0.05, 0.1) is 11.6 Å². The minimum absolute atomic E-state index is 0.00125. The van der Waals surface area contributed by atoms with E-state index in [1.807, 2.05) is 25.1 Å². The van der Waals surface area contributed by atoms with Crippen molar-refractivity contribution >= 4 is 11.6 Å². The topological polar surface area (TPSA) is 47.3 Å². The van der Waals surface area contributed by atoms with Gasteiger partial charge in [0, 0.05) is 11.6 Å². The number of nitrogens with two attached hydrogens (primary N) is 1. The number of hydrazine groups is 1. The Balaban J connectivity index is 2.31. The number of hydrogen-bond acceptors (Lipinski definition) is 3. The predicted molar refractivity (Wildman–Crippen MR) is 74.3 cm³/mol. The molecule has 0 aromatic heterocycles. The van der Waals surface area contributed by atoms with Gasteiger partial charge in [-0.05, 0) is 37.5 Å². The fourth-order valence-corrected chi connectivity index (χ4v) is 3.21. The second kappa shape index (κ2) is 6.02. The van der Waals surface area contributed by atoms with Gasteiger partial charge >= 0.3 is 0 Å². The first kappa shape index (κ1) is 13.8. The van der Waals surface area contributed by atoms with Crippen LogP contribution >= 0.6 is 11.6 Å². The summed E-state index contributed by atoms with van der Waals surface area (Å²) in [7, 11) is 0. The Labute approximate surface area is 114 Å². The van der Waals surface area contributed by atoms with Crippen LogP contribution < -0.4 is 11.3 Å². The Morgan fingerprint density at radius 2 is 2.17 bits per heavy atom. The van der Waals surface area contributed by atoms with Crippen LogP contribution in [-0.2, 0) is 4.74 Å². The molecule has 0 amide bonds. The van der Waals surface area contributed by atoms with Gasteiger partial charge in [-0.3, -0.25) is 11.3 Å². The highest BCUT2D eigenvalue weighted by Gasteiger charge is 2.42. The smallest absolute Gasteiger partial charge is 0.0889 e. The molecule has 18 heavy (non-hydrogen) atoms. The van der Waals surface area contributed by atoms with E-state index in [0.29, 0.717) is 6.61 Å². The van der Waals surface area contributed by atoms with Gasteiger partial charge in [-0.1, -0.05) is 36.6 Å². The van der Waals surface area contributed by atoms with Crippen molar-refractivity contribution in [2.45, 2.75) is 44.2 Å². The van der Waals surface area contributed by atoms with Crippen molar-refractivity contribution in [3.05, 3.63) is 34.9 Å². The average Bonchev–Trinajstić information content (AvgIpc) is 2.80. The van der Waals surface area contributed by atoms with E-state index in [9.17, 15) is 0 Å². The van der Waals surface area contributed by atoms with E-state index in [0.717, 1.165) is 23.4 Å². The molecular weight excluding hydrogens is 248 g/mol. The molecule has 4 heteroatoms. The van der Waals surface area contributed by atoms with Crippen LogP contribution in [0.1, 0.15) is 44.2 Å². The van der Waals surface area contributed by atoms with E-state index in [1.165, 1.54) is 12.8 Å². The highest BCUT2D eigenvalue weighted by molar-refractivity contribution is 6.30. The average molecular weight is 269 g/mol. The van der Waals surface area contributed by atoms with Gasteiger partial charge in [0.15, 0.2) is 0 Å². The highest BCUT2D eigenvalue weighted by atomic mass is 35.5. The normalized spacial score (nSPS) is 19.9. The maximum atomic E-state index is 6.07. The van der Waals surface area contributed by atoms with Crippen molar-refractivity contribution in [1.29, 1.82) is 0 Å². The van der Waals surface area contributed by atoms with Crippen LogP contribution in [-0.4, -0.2) is 12.2 Å². The van der Waals surface area contributed by atoms with Crippen LogP contribution in [0, 0.1) is 0 Å². The van der Waals surface area contributed by atoms with Crippen LogP contribution in [0.5, 0.6) is 0 Å². The number of ether oxygens (including phenoxy) is 1. The maximum Gasteiger partial charge on any atom is 0.0889 e. The van der Waals surface area contributed by atoms with Crippen molar-refractivity contribution in [2.75, 3.05) is 6.61 Å². The summed E-state index contributed by atoms with van der Waals surface area (Å²) < 4.78 is 6.05. The third kappa shape index (κ3) is 2.69. The van der Waals surface area contributed by atoms with Gasteiger partial charge in [0.1, 0.15) is 0 Å². The fraction of sp³-hybridized carbons (Fsp3) is 0.571. The molecule has 3 nitrogen and oxygen atoms in total. The molecule has 0 spiro atoms. The van der Waals surface area contributed by atoms with Crippen LogP contribution in [0.15, 0.2) is 24.3 Å². The van der Waals surface area contributed by atoms with E-state index in [4.69, 9.17) is 22.2 Å². The standard InChI is InChI=1S/C14H21ClN2O/c1-2-18-14(8-3-4-9-14)13(17-16)11-6-5-7-12(15)10-11/h5-7,10,13,17H,2-4,8-9,16H2,1H3. The first-order chi connectivity index (χ1) is 8.72. The first-order valence-electron chi connectivity index (χ1n) is 6.57. The molecule has 1 aliphatic carbocycles. The second-order valence-electron chi connectivity index (χ2n) is 4.86. The van der Waals surface area contributed by atoms with Crippen molar-refractivity contribution in [3.63, 3.8) is 0 Å². The maximum absolute atomic E-state index is 6.07. The summed E-state index contributed by atoms with van der Waals surface area (Å²) in [6, 6.07) is 7.84. The third-order valence-corrected chi connectivity index (χ3v) is 3.99. The number of nitrogens with one attached hydrogen (secondary N) is 1. The molecular formula is C14H21ClN2O. The molecule has 0 bridgehead atoms. The van der Waals surface area contributed by atoms with Crippen molar-refractivity contribution in [1.82, 2.24) is 5.43 Å². The van der Waals surface area contributed by atoms with Gasteiger partial charge in [-0.15, -0.1) is 0 Å². The van der Waals surface area contributed by atoms with Gasteiger partial charge in [-0.25, -0.2) is 0 Å². The summed E-state index contributed by atoms with van der Waals surface area (Å²) in [6.07, 6.45) is 4.47. The van der Waals surface area contributed by atoms with E-state index in [1.54, 1.807) is 0 Å². The summed E-state index contributed by atoms with van der Waals surface area (Å²) in [6.45, 7) is 2.74. The molecule has 1 unspecified atom stereocenters. The molecule has 0 aliphatic heterocycles. The van der Waals surface area contributed by atoms with Crippen molar-refractivity contribution in [3.8, 4) is 0 Å². The lowest BCUT2D eigenvalue weighted by atomic mass is 9.87. The Hall–Kier alpha value is -0.610. The third-order valence-electron chi connectivity index (χ3n) is 3.76. The van der Waals surface area contributed by atoms with Gasteiger partial charge < -0.3 is 4.74 Å². The quantitative estimate of drug-likeness (QED) is 0.637. The molecule has 1 atom stereocenters. The zero-order valence-corrected chi connectivity index (χ0v) is 11.5. The van der Waals surface area contributed by atoms with E-state index in [2.05, 4.69) is 11.5 Å². The molecule has 1 aromatic carbocycles. The number of halogens is 1. The molecule has 2 rings (SSSR count). The lowest BCUT2D eigenvalue weighted by molar-refractivity contribution is -0.0627. The second-order valence-corrected chi connectivity index (χ2v) is 5.30. The zero-order valence-electron chi connectivity index (χ0n) is 10.8. The number of hydrogen-bond donors (Lipinski definition) is 2. The minimum atomic E-state index is -0.186. The molecule has 1 saturated carbocycles. The Kier molecular flexibility index (Phi) is 4.62. The van der Waals surface area contributed by atoms with Crippen molar-refractivity contribution < 1.29 is 4.74 Å². The van der Waals surface area contributed by atoms with E-state index < -0.39 is 0 Å². The monoisotopic (exact) mass is 268 g/mol. The Morgan fingerprint density at radius 3 is 2.72 bits per heavy atom. The Bertz CT molecular complexity index is 391. The molecule has 1 aromatic rings. The van der Waals surface area contributed by atoms with Gasteiger partial charge in [0.25, 0.3) is 0 Å². The van der Waals surface area contributed by atoms with Crippen LogP contribution in [0.2, 0.25) is 5.02 Å². The summed E-state index contributed by atoms with van der Waals surface area (Å²) in [5, 5.41) is 0.734. The molecule has 1 fully saturated rings. The predicted octanol–water partition coefficient (Wildman–Crippen LogP) is 3.19. The number of benzene rings is 1. The van der Waals surface area contributed by atoms with E-state index in [-0.39, 0.29) is 11.6 Å². The summed E-state index contributed by atoms with van der Waals surface area (Å²) >= 11 is 6.07. The van der Waals surface area contributed by atoms with Gasteiger partial charge in [0.2, 0.25) is 0 Å². The first-order valence-corrected chi connectivity index (χ1v) is 6.95. The minimum Gasteiger partial charge on any atom is -0.373 e. The van der Waals surface area contributed by atoms with Crippen molar-refractivity contribution in [2.24, 2.45) is 5.84 Å². The van der Waals surface area contributed by atoms with Crippen LogP contribution in [0.3, 0.4) is 0 Å². The summed E-state index contributed by atoms with van der Waals surface area (Å²) in [5.41, 5.74) is 3.84. The van der Waals surface area contributed by atoms with Crippen LogP contribution in [0.25, 0.3) is 0 Å². The largest absolute Gasteiger partial charge is 0.373 e. The Morgan fingerprint density at radius 1 is 1.44 bits per heavy atom.